The minimum absolute atomic E-state index is 0.169. The van der Waals surface area contributed by atoms with Gasteiger partial charge in [-0.2, -0.15) is 0 Å². The van der Waals surface area contributed by atoms with Crippen LogP contribution in [0, 0.1) is 0 Å². The maximum Gasteiger partial charge on any atom is 0.125 e. The highest BCUT2D eigenvalue weighted by atomic mass is 28.2. The Morgan fingerprint density at radius 1 is 0.800 bits per heavy atom. The lowest BCUT2D eigenvalue weighted by atomic mass is 10.1. The van der Waals surface area contributed by atoms with Crippen LogP contribution in [0.2, 0.25) is 0 Å². The SMILES string of the molecule is CCC(C)NC(CCN[SiH3])(NC(C)CC)NC(C)CC. The van der Waals surface area contributed by atoms with E-state index < -0.39 is 0 Å². The zero-order chi connectivity index (χ0) is 15.6. The van der Waals surface area contributed by atoms with Crippen molar-refractivity contribution in [2.45, 2.75) is 91.1 Å². The zero-order valence-electron chi connectivity index (χ0n) is 14.8. The minimum Gasteiger partial charge on any atom is -0.345 e. The van der Waals surface area contributed by atoms with Crippen LogP contribution in [0.3, 0.4) is 0 Å². The van der Waals surface area contributed by atoms with E-state index in [1.54, 1.807) is 0 Å². The van der Waals surface area contributed by atoms with Gasteiger partial charge in [-0.3, -0.25) is 16.0 Å². The van der Waals surface area contributed by atoms with Gasteiger partial charge in [-0.25, -0.2) is 0 Å². The molecule has 0 aliphatic rings. The molecule has 0 bridgehead atoms. The van der Waals surface area contributed by atoms with Gasteiger partial charge in [0.2, 0.25) is 0 Å². The van der Waals surface area contributed by atoms with Crippen LogP contribution in [-0.2, 0) is 0 Å². The number of nitrogens with one attached hydrogen (secondary N) is 4. The Bertz CT molecular complexity index is 207. The Hall–Kier alpha value is 0.0569. The number of hydrogen-bond donors (Lipinski definition) is 4. The van der Waals surface area contributed by atoms with Crippen LogP contribution >= 0.6 is 0 Å². The van der Waals surface area contributed by atoms with Crippen molar-refractivity contribution in [1.82, 2.24) is 20.9 Å². The minimum atomic E-state index is -0.169. The van der Waals surface area contributed by atoms with Crippen molar-refractivity contribution in [1.29, 1.82) is 0 Å². The van der Waals surface area contributed by atoms with Crippen molar-refractivity contribution >= 4 is 10.4 Å². The molecule has 4 N–H and O–H groups in total. The van der Waals surface area contributed by atoms with Gasteiger partial charge in [0.15, 0.2) is 0 Å². The fourth-order valence-electron chi connectivity index (χ4n) is 2.22. The summed E-state index contributed by atoms with van der Waals surface area (Å²) in [5, 5.41) is 11.4. The summed E-state index contributed by atoms with van der Waals surface area (Å²) >= 11 is 0. The second-order valence-corrected chi connectivity index (χ2v) is 6.83. The molecule has 0 fully saturated rings. The molecule has 0 aromatic carbocycles. The molecule has 0 aliphatic heterocycles. The smallest absolute Gasteiger partial charge is 0.125 e. The average Bonchev–Trinajstić information content (AvgIpc) is 2.44. The van der Waals surface area contributed by atoms with Gasteiger partial charge < -0.3 is 4.98 Å². The molecular formula is C15H38N4Si. The van der Waals surface area contributed by atoms with E-state index in [2.05, 4.69) is 62.5 Å². The summed E-state index contributed by atoms with van der Waals surface area (Å²) in [6, 6.07) is 1.49. The van der Waals surface area contributed by atoms with E-state index in [1.165, 1.54) is 0 Å². The van der Waals surface area contributed by atoms with Gasteiger partial charge in [0.05, 0.1) is 10.4 Å². The summed E-state index contributed by atoms with van der Waals surface area (Å²) in [6.07, 6.45) is 4.47. The third-order valence-corrected chi connectivity index (χ3v) is 4.57. The maximum atomic E-state index is 3.80. The fourth-order valence-corrected chi connectivity index (χ4v) is 2.47. The van der Waals surface area contributed by atoms with Crippen LogP contribution < -0.4 is 20.9 Å². The summed E-state index contributed by atoms with van der Waals surface area (Å²) in [6.45, 7) is 14.5. The molecule has 0 saturated heterocycles. The Balaban J connectivity index is 5.03. The van der Waals surface area contributed by atoms with Crippen LogP contribution in [-0.4, -0.2) is 40.9 Å². The normalized spacial score (nSPS) is 19.5. The topological polar surface area (TPSA) is 48.1 Å². The molecule has 0 saturated carbocycles. The Morgan fingerprint density at radius 2 is 1.15 bits per heavy atom. The van der Waals surface area contributed by atoms with Crippen LogP contribution in [0.4, 0.5) is 0 Å². The molecule has 0 amide bonds. The number of rotatable bonds is 12. The van der Waals surface area contributed by atoms with E-state index in [4.69, 9.17) is 0 Å². The first-order valence-electron chi connectivity index (χ1n) is 8.40. The van der Waals surface area contributed by atoms with Crippen LogP contribution in [0.15, 0.2) is 0 Å². The van der Waals surface area contributed by atoms with Crippen molar-refractivity contribution in [3.63, 3.8) is 0 Å². The van der Waals surface area contributed by atoms with E-state index in [9.17, 15) is 0 Å². The third kappa shape index (κ3) is 7.74. The monoisotopic (exact) mass is 302 g/mol. The largest absolute Gasteiger partial charge is 0.345 e. The summed E-state index contributed by atoms with van der Waals surface area (Å²) in [5.74, 6) is -0.169. The lowest BCUT2D eigenvalue weighted by Gasteiger charge is -2.43. The second-order valence-electron chi connectivity index (χ2n) is 6.12. The van der Waals surface area contributed by atoms with Crippen molar-refractivity contribution < 1.29 is 0 Å². The van der Waals surface area contributed by atoms with Gasteiger partial charge >= 0.3 is 0 Å². The highest BCUT2D eigenvalue weighted by Crippen LogP contribution is 2.10. The highest BCUT2D eigenvalue weighted by Gasteiger charge is 2.32. The van der Waals surface area contributed by atoms with Gasteiger partial charge in [-0.15, -0.1) is 0 Å². The van der Waals surface area contributed by atoms with Crippen molar-refractivity contribution in [2.24, 2.45) is 0 Å². The van der Waals surface area contributed by atoms with Crippen molar-refractivity contribution in [3.8, 4) is 0 Å². The Labute approximate surface area is 129 Å². The average molecular weight is 303 g/mol. The first kappa shape index (κ1) is 20.1. The lowest BCUT2D eigenvalue weighted by molar-refractivity contribution is 0.130. The molecule has 4 nitrogen and oxygen atoms in total. The molecule has 0 aliphatic carbocycles. The van der Waals surface area contributed by atoms with E-state index >= 15 is 0 Å². The fraction of sp³-hybridized carbons (Fsp3) is 1.00. The van der Waals surface area contributed by atoms with Gasteiger partial charge in [-0.05, 0) is 46.6 Å². The van der Waals surface area contributed by atoms with Crippen molar-refractivity contribution in [3.05, 3.63) is 0 Å². The van der Waals surface area contributed by atoms with Gasteiger partial charge in [0.1, 0.15) is 5.79 Å². The van der Waals surface area contributed by atoms with Crippen LogP contribution in [0.25, 0.3) is 0 Å². The van der Waals surface area contributed by atoms with Gasteiger partial charge in [-0.1, -0.05) is 20.8 Å². The van der Waals surface area contributed by atoms with Crippen LogP contribution in [0.5, 0.6) is 0 Å². The molecule has 0 radical (unpaired) electrons. The molecule has 20 heavy (non-hydrogen) atoms. The van der Waals surface area contributed by atoms with E-state index in [0.717, 1.165) is 42.6 Å². The molecule has 122 valence electrons. The molecule has 3 unspecified atom stereocenters. The molecular weight excluding hydrogens is 264 g/mol. The molecule has 3 atom stereocenters. The van der Waals surface area contributed by atoms with E-state index in [1.807, 2.05) is 0 Å². The predicted molar refractivity (Wildman–Crippen MR) is 94.0 cm³/mol. The summed E-state index contributed by atoms with van der Waals surface area (Å²) in [4.78, 5) is 3.42. The first-order chi connectivity index (χ1) is 9.42. The molecule has 0 heterocycles. The zero-order valence-corrected chi connectivity index (χ0v) is 16.8. The van der Waals surface area contributed by atoms with E-state index in [0.29, 0.717) is 18.1 Å². The summed E-state index contributed by atoms with van der Waals surface area (Å²) in [7, 11) is 1.05. The second kappa shape index (κ2) is 10.7. The third-order valence-electron chi connectivity index (χ3n) is 4.07. The molecule has 5 heteroatoms. The number of hydrogen-bond acceptors (Lipinski definition) is 4. The van der Waals surface area contributed by atoms with Crippen LogP contribution in [0.1, 0.15) is 67.2 Å². The molecule has 0 aromatic rings. The van der Waals surface area contributed by atoms with E-state index in [-0.39, 0.29) is 5.79 Å². The summed E-state index contributed by atoms with van der Waals surface area (Å²) < 4.78 is 0. The highest BCUT2D eigenvalue weighted by molar-refractivity contribution is 6.04. The predicted octanol–water partition coefficient (Wildman–Crippen LogP) is 1.06. The van der Waals surface area contributed by atoms with Crippen molar-refractivity contribution in [2.75, 3.05) is 6.54 Å². The first-order valence-corrected chi connectivity index (χ1v) is 9.40. The van der Waals surface area contributed by atoms with Gasteiger partial charge in [0, 0.05) is 24.5 Å². The Kier molecular flexibility index (Phi) is 10.8. The summed E-state index contributed by atoms with van der Waals surface area (Å²) in [5.41, 5.74) is 0. The standard InChI is InChI=1S/C15H38N4Si/c1-7-12(4)17-15(10-11-16-20,18-13(5)8-2)19-14(6)9-3/h12-14,16-19H,7-11H2,1-6,20H3. The maximum absolute atomic E-state index is 3.80. The molecule has 0 spiro atoms. The quantitative estimate of drug-likeness (QED) is 0.322. The Morgan fingerprint density at radius 3 is 1.40 bits per heavy atom. The molecule has 0 aromatic heterocycles. The molecule has 0 rings (SSSR count). The lowest BCUT2D eigenvalue weighted by Crippen LogP contribution is -2.72. The van der Waals surface area contributed by atoms with Gasteiger partial charge in [0.25, 0.3) is 0 Å².